The molecule has 6 atom stereocenters. The minimum absolute atomic E-state index is 0.0189. The van der Waals surface area contributed by atoms with Crippen molar-refractivity contribution in [3.8, 4) is 0 Å². The van der Waals surface area contributed by atoms with E-state index < -0.39 is 66.3 Å². The highest BCUT2D eigenvalue weighted by molar-refractivity contribution is 5.96. The first-order valence-corrected chi connectivity index (χ1v) is 13.5. The van der Waals surface area contributed by atoms with E-state index in [9.17, 15) is 37.1 Å². The van der Waals surface area contributed by atoms with Gasteiger partial charge in [-0.3, -0.25) is 23.9 Å². The third kappa shape index (κ3) is 7.43. The second kappa shape index (κ2) is 11.5. The number of likely N-dealkylation sites (tertiary alicyclic amines) is 1. The van der Waals surface area contributed by atoms with Crippen molar-refractivity contribution in [2.45, 2.75) is 90.9 Å². The van der Waals surface area contributed by atoms with Crippen molar-refractivity contribution in [1.82, 2.24) is 20.9 Å². The molecule has 0 aromatic rings. The van der Waals surface area contributed by atoms with Crippen molar-refractivity contribution in [3.05, 3.63) is 0 Å². The molecule has 2 saturated heterocycles. The Bertz CT molecular complexity index is 1030. The number of piperidine rings is 1. The summed E-state index contributed by atoms with van der Waals surface area (Å²) in [7, 11) is 0. The molecule has 3 aliphatic rings. The Morgan fingerprint density at radius 3 is 2.30 bits per heavy atom. The number of ketones is 1. The summed E-state index contributed by atoms with van der Waals surface area (Å²) in [6.45, 7) is 9.89. The van der Waals surface area contributed by atoms with Gasteiger partial charge >= 0.3 is 12.5 Å². The molecule has 14 heteroatoms. The van der Waals surface area contributed by atoms with E-state index in [0.717, 1.165) is 0 Å². The van der Waals surface area contributed by atoms with Crippen molar-refractivity contribution in [1.29, 1.82) is 0 Å². The number of alkyl halides is 3. The Kier molecular flexibility index (Phi) is 9.12. The van der Waals surface area contributed by atoms with Crippen LogP contribution >= 0.6 is 0 Å². The normalized spacial score (nSPS) is 26.8. The number of hydrogen-bond donors (Lipinski definition) is 3. The van der Waals surface area contributed by atoms with Gasteiger partial charge in [-0.15, -0.1) is 13.2 Å². The number of nitrogens with one attached hydrogen (secondary N) is 3. The van der Waals surface area contributed by atoms with Gasteiger partial charge in [0.15, 0.2) is 5.78 Å². The average Bonchev–Trinajstić information content (AvgIpc) is 3.17. The molecule has 226 valence electrons. The van der Waals surface area contributed by atoms with Crippen LogP contribution in [0.25, 0.3) is 0 Å². The number of Topliss-reactive ketones (excluding diaryl/α,β-unsaturated/α-hetero) is 1. The fourth-order valence-corrected chi connectivity index (χ4v) is 5.74. The van der Waals surface area contributed by atoms with Gasteiger partial charge in [0, 0.05) is 19.0 Å². The van der Waals surface area contributed by atoms with E-state index >= 15 is 0 Å². The van der Waals surface area contributed by atoms with Crippen LogP contribution in [0.5, 0.6) is 0 Å². The zero-order valence-corrected chi connectivity index (χ0v) is 23.6. The molecule has 1 aliphatic carbocycles. The summed E-state index contributed by atoms with van der Waals surface area (Å²) in [6.07, 6.45) is -5.46. The van der Waals surface area contributed by atoms with Gasteiger partial charge in [-0.05, 0) is 57.3 Å². The Balaban J connectivity index is 1.79. The van der Waals surface area contributed by atoms with Gasteiger partial charge in [0.1, 0.15) is 24.3 Å². The van der Waals surface area contributed by atoms with Gasteiger partial charge in [0.05, 0.1) is 6.04 Å². The van der Waals surface area contributed by atoms with Crippen LogP contribution in [-0.4, -0.2) is 84.3 Å². The molecule has 2 heterocycles. The van der Waals surface area contributed by atoms with Gasteiger partial charge in [0.25, 0.3) is 0 Å². The number of amides is 4. The van der Waals surface area contributed by atoms with Crippen molar-refractivity contribution in [2.24, 2.45) is 23.2 Å². The number of halogens is 3. The number of nitrogens with zero attached hydrogens (tertiary/aromatic N) is 1. The van der Waals surface area contributed by atoms with Crippen LogP contribution in [0.4, 0.5) is 18.0 Å². The lowest BCUT2D eigenvalue weighted by atomic mass is 9.94. The maximum absolute atomic E-state index is 13.6. The first kappa shape index (κ1) is 31.6. The average molecular weight is 577 g/mol. The van der Waals surface area contributed by atoms with E-state index in [2.05, 4.69) is 20.7 Å². The molecule has 0 aromatic heterocycles. The van der Waals surface area contributed by atoms with Crippen LogP contribution in [0, 0.1) is 23.2 Å². The van der Waals surface area contributed by atoms with Crippen LogP contribution in [0.3, 0.4) is 0 Å². The van der Waals surface area contributed by atoms with Crippen LogP contribution in [-0.2, 0) is 28.7 Å². The topological polar surface area (TPSA) is 143 Å². The third-order valence-electron chi connectivity index (χ3n) is 7.92. The minimum Gasteiger partial charge on any atom is -0.444 e. The maximum atomic E-state index is 13.6. The molecule has 1 saturated carbocycles. The van der Waals surface area contributed by atoms with Gasteiger partial charge in [0.2, 0.25) is 17.7 Å². The predicted molar refractivity (Wildman–Crippen MR) is 134 cm³/mol. The number of alkyl carbamates (subject to hydrolysis) is 1. The number of carbonyl (C=O) groups is 5. The zero-order chi connectivity index (χ0) is 30.2. The zero-order valence-electron chi connectivity index (χ0n) is 23.6. The molecule has 0 spiro atoms. The number of ether oxygens (including phenoxy) is 2. The van der Waals surface area contributed by atoms with Crippen LogP contribution in [0.15, 0.2) is 0 Å². The first-order chi connectivity index (χ1) is 18.4. The van der Waals surface area contributed by atoms with Crippen LogP contribution < -0.4 is 16.0 Å². The van der Waals surface area contributed by atoms with E-state index in [1.807, 2.05) is 13.8 Å². The molecule has 3 fully saturated rings. The monoisotopic (exact) mass is 576 g/mol. The molecule has 2 aliphatic heterocycles. The summed E-state index contributed by atoms with van der Waals surface area (Å²) >= 11 is 0. The smallest absolute Gasteiger partial charge is 0.444 e. The third-order valence-corrected chi connectivity index (χ3v) is 7.92. The summed E-state index contributed by atoms with van der Waals surface area (Å²) in [5.74, 6) is -3.55. The lowest BCUT2D eigenvalue weighted by Crippen LogP contribution is -2.58. The van der Waals surface area contributed by atoms with E-state index in [4.69, 9.17) is 4.74 Å². The SMILES string of the molecule is CC[C@@H](NC(=O)OC(C)(C)C)C(=O)N1C[C@H]2[C@@H]([C@H]1C(=O)N[C@@H](C[C@H]1CCNC1=O)C(=O)COC(F)(F)F)C2(C)C. The molecule has 40 heavy (non-hydrogen) atoms. The van der Waals surface area contributed by atoms with Gasteiger partial charge < -0.3 is 25.6 Å². The van der Waals surface area contributed by atoms with Crippen molar-refractivity contribution in [3.63, 3.8) is 0 Å². The summed E-state index contributed by atoms with van der Waals surface area (Å²) in [4.78, 5) is 65.7. The van der Waals surface area contributed by atoms with Crippen LogP contribution in [0.1, 0.15) is 60.8 Å². The minimum atomic E-state index is -5.05. The maximum Gasteiger partial charge on any atom is 0.522 e. The molecule has 3 rings (SSSR count). The van der Waals surface area contributed by atoms with Gasteiger partial charge in [-0.2, -0.15) is 0 Å². The summed E-state index contributed by atoms with van der Waals surface area (Å²) in [6, 6.07) is -3.42. The quantitative estimate of drug-likeness (QED) is 0.360. The molecule has 11 nitrogen and oxygen atoms in total. The Labute approximate surface area is 231 Å². The largest absolute Gasteiger partial charge is 0.522 e. The molecule has 3 N–H and O–H groups in total. The lowest BCUT2D eigenvalue weighted by molar-refractivity contribution is -0.321. The first-order valence-electron chi connectivity index (χ1n) is 13.5. The van der Waals surface area contributed by atoms with E-state index in [1.165, 1.54) is 4.90 Å². The molecule has 0 bridgehead atoms. The Morgan fingerprint density at radius 2 is 1.77 bits per heavy atom. The van der Waals surface area contributed by atoms with Crippen molar-refractivity contribution >= 4 is 29.6 Å². The van der Waals surface area contributed by atoms with Crippen molar-refractivity contribution in [2.75, 3.05) is 19.7 Å². The Morgan fingerprint density at radius 1 is 1.12 bits per heavy atom. The van der Waals surface area contributed by atoms with E-state index in [1.54, 1.807) is 27.7 Å². The molecule has 4 amide bonds. The van der Waals surface area contributed by atoms with E-state index in [0.29, 0.717) is 13.0 Å². The number of hydrogen-bond acceptors (Lipinski definition) is 7. The fraction of sp³-hybridized carbons (Fsp3) is 0.808. The molecule has 0 unspecified atom stereocenters. The second-order valence-electron chi connectivity index (χ2n) is 12.3. The van der Waals surface area contributed by atoms with Gasteiger partial charge in [-0.1, -0.05) is 20.8 Å². The summed E-state index contributed by atoms with van der Waals surface area (Å²) in [5.41, 5.74) is -1.08. The molecular formula is C26H39F3N4O7. The highest BCUT2D eigenvalue weighted by atomic mass is 19.4. The molecular weight excluding hydrogens is 537 g/mol. The summed E-state index contributed by atoms with van der Waals surface area (Å²) in [5, 5.41) is 7.68. The van der Waals surface area contributed by atoms with Gasteiger partial charge in [-0.25, -0.2) is 4.79 Å². The number of fused-ring (bicyclic) bond motifs is 1. The predicted octanol–water partition coefficient (Wildman–Crippen LogP) is 1.89. The van der Waals surface area contributed by atoms with Crippen LogP contribution in [0.2, 0.25) is 0 Å². The standard InChI is InChI=1S/C26H39F3N4O7/c1-7-15(32-23(38)40-24(2,3)4)22(37)33-11-14-18(25(14,5)6)19(33)21(36)31-16(10-13-8-9-30-20(13)35)17(34)12-39-26(27,28)29/h13-16,18-19H,7-12H2,1-6H3,(H,30,35)(H,31,36)(H,32,38)/t13-,14+,15-,16+,18+,19+/m1/s1. The second-order valence-corrected chi connectivity index (χ2v) is 12.3. The number of rotatable bonds is 10. The summed E-state index contributed by atoms with van der Waals surface area (Å²) < 4.78 is 46.8. The highest BCUT2D eigenvalue weighted by Crippen LogP contribution is 2.65. The fourth-order valence-electron chi connectivity index (χ4n) is 5.74. The van der Waals surface area contributed by atoms with Crippen molar-refractivity contribution < 1.29 is 46.6 Å². The lowest BCUT2D eigenvalue weighted by Gasteiger charge is -2.34. The van der Waals surface area contributed by atoms with E-state index in [-0.39, 0.29) is 42.5 Å². The molecule has 0 radical (unpaired) electrons. The Hall–Kier alpha value is -2.90. The highest BCUT2D eigenvalue weighted by Gasteiger charge is 2.69. The molecule has 0 aromatic carbocycles. The number of carbonyl (C=O) groups excluding carboxylic acids is 5.